The number of amides is 1. The molecule has 2 rings (SSSR count). The van der Waals surface area contributed by atoms with Crippen molar-refractivity contribution in [2.24, 2.45) is 5.92 Å². The minimum atomic E-state index is -0.517. The van der Waals surface area contributed by atoms with E-state index in [0.717, 1.165) is 13.0 Å². The van der Waals surface area contributed by atoms with E-state index < -0.39 is 5.82 Å². The maximum absolute atomic E-state index is 13.5. The third-order valence-corrected chi connectivity index (χ3v) is 3.24. The summed E-state index contributed by atoms with van der Waals surface area (Å²) in [6.45, 7) is 2.82. The molecule has 17 heavy (non-hydrogen) atoms. The second-order valence-electron chi connectivity index (χ2n) is 4.31. The number of benzene rings is 1. The normalized spacial score (nSPS) is 23.7. The van der Waals surface area contributed by atoms with E-state index in [1.54, 1.807) is 6.07 Å². The van der Waals surface area contributed by atoms with Gasteiger partial charge in [-0.15, -0.1) is 0 Å². The minimum absolute atomic E-state index is 0.167. The second kappa shape index (κ2) is 5.02. The number of carbonyl (C=O) groups is 1. The van der Waals surface area contributed by atoms with Crippen LogP contribution in [0.4, 0.5) is 10.1 Å². The quantitative estimate of drug-likeness (QED) is 0.853. The summed E-state index contributed by atoms with van der Waals surface area (Å²) in [5.74, 6) is -0.446. The third-order valence-electron chi connectivity index (χ3n) is 3.00. The van der Waals surface area contributed by atoms with Crippen LogP contribution in [0.1, 0.15) is 13.3 Å². The molecule has 1 saturated heterocycles. The van der Waals surface area contributed by atoms with Gasteiger partial charge in [-0.2, -0.15) is 0 Å². The van der Waals surface area contributed by atoms with Crippen LogP contribution in [0.3, 0.4) is 0 Å². The molecule has 2 N–H and O–H groups in total. The summed E-state index contributed by atoms with van der Waals surface area (Å²) < 4.78 is 13.5. The van der Waals surface area contributed by atoms with Gasteiger partial charge in [-0.1, -0.05) is 18.5 Å². The van der Waals surface area contributed by atoms with Crippen LogP contribution in [0.5, 0.6) is 0 Å². The molecular formula is C12H14ClFN2O. The Bertz CT molecular complexity index is 439. The van der Waals surface area contributed by atoms with Crippen LogP contribution in [-0.4, -0.2) is 18.5 Å². The zero-order valence-corrected chi connectivity index (χ0v) is 10.2. The zero-order chi connectivity index (χ0) is 12.4. The summed E-state index contributed by atoms with van der Waals surface area (Å²) in [6.07, 6.45) is 0.960. The maximum atomic E-state index is 13.5. The summed E-state index contributed by atoms with van der Waals surface area (Å²) in [7, 11) is 0. The molecule has 0 radical (unpaired) electrons. The lowest BCUT2D eigenvalue weighted by Gasteiger charge is -2.15. The van der Waals surface area contributed by atoms with Crippen LogP contribution >= 0.6 is 11.6 Å². The van der Waals surface area contributed by atoms with Crippen LogP contribution in [-0.2, 0) is 4.79 Å². The first kappa shape index (κ1) is 12.3. The fourth-order valence-corrected chi connectivity index (χ4v) is 2.15. The Morgan fingerprint density at radius 1 is 1.59 bits per heavy atom. The molecule has 92 valence electrons. The Morgan fingerprint density at radius 2 is 2.35 bits per heavy atom. The van der Waals surface area contributed by atoms with E-state index in [2.05, 4.69) is 10.6 Å². The number of hydrogen-bond donors (Lipinski definition) is 2. The first-order valence-electron chi connectivity index (χ1n) is 5.57. The average molecular weight is 257 g/mol. The lowest BCUT2D eigenvalue weighted by atomic mass is 10.0. The highest BCUT2D eigenvalue weighted by Crippen LogP contribution is 2.21. The van der Waals surface area contributed by atoms with Gasteiger partial charge in [0.2, 0.25) is 5.91 Å². The molecule has 5 heteroatoms. The Balaban J connectivity index is 2.07. The lowest BCUT2D eigenvalue weighted by Crippen LogP contribution is -2.39. The number of halogens is 2. The number of carbonyl (C=O) groups excluding carboxylic acids is 1. The zero-order valence-electron chi connectivity index (χ0n) is 9.47. The number of nitrogens with one attached hydrogen (secondary N) is 2. The fraction of sp³-hybridized carbons (Fsp3) is 0.417. The molecule has 1 amide bonds. The van der Waals surface area contributed by atoms with Crippen molar-refractivity contribution < 1.29 is 9.18 Å². The van der Waals surface area contributed by atoms with E-state index in [1.807, 2.05) is 6.92 Å². The molecule has 1 aliphatic rings. The van der Waals surface area contributed by atoms with Crippen molar-refractivity contribution in [1.29, 1.82) is 0 Å². The third kappa shape index (κ3) is 2.76. The summed E-state index contributed by atoms with van der Waals surface area (Å²) in [6, 6.07) is 3.95. The van der Waals surface area contributed by atoms with Crippen molar-refractivity contribution in [3.8, 4) is 0 Å². The highest BCUT2D eigenvalue weighted by molar-refractivity contribution is 6.30. The van der Waals surface area contributed by atoms with Gasteiger partial charge in [-0.25, -0.2) is 4.39 Å². The van der Waals surface area contributed by atoms with Crippen LogP contribution < -0.4 is 10.6 Å². The van der Waals surface area contributed by atoms with Crippen molar-refractivity contribution >= 4 is 23.2 Å². The lowest BCUT2D eigenvalue weighted by molar-refractivity contribution is -0.118. The molecule has 1 aromatic rings. The van der Waals surface area contributed by atoms with Crippen LogP contribution in [0.2, 0.25) is 5.02 Å². The topological polar surface area (TPSA) is 41.1 Å². The first-order valence-corrected chi connectivity index (χ1v) is 5.95. The van der Waals surface area contributed by atoms with Crippen LogP contribution in [0.15, 0.2) is 18.2 Å². The monoisotopic (exact) mass is 256 g/mol. The molecule has 0 bridgehead atoms. The van der Waals surface area contributed by atoms with Crippen molar-refractivity contribution in [2.45, 2.75) is 19.4 Å². The van der Waals surface area contributed by atoms with E-state index in [9.17, 15) is 9.18 Å². The number of hydrogen-bond acceptors (Lipinski definition) is 2. The van der Waals surface area contributed by atoms with E-state index in [1.165, 1.54) is 12.1 Å². The van der Waals surface area contributed by atoms with E-state index in [4.69, 9.17) is 11.6 Å². The van der Waals surface area contributed by atoms with Crippen molar-refractivity contribution in [1.82, 2.24) is 5.32 Å². The van der Waals surface area contributed by atoms with E-state index >= 15 is 0 Å². The Labute approximate surface area is 104 Å². The Kier molecular flexibility index (Phi) is 3.64. The molecule has 0 saturated carbocycles. The minimum Gasteiger partial charge on any atom is -0.322 e. The molecule has 0 spiro atoms. The van der Waals surface area contributed by atoms with E-state index in [0.29, 0.717) is 5.02 Å². The van der Waals surface area contributed by atoms with E-state index in [-0.39, 0.29) is 23.6 Å². The van der Waals surface area contributed by atoms with Gasteiger partial charge >= 0.3 is 0 Å². The predicted molar refractivity (Wildman–Crippen MR) is 65.6 cm³/mol. The standard InChI is InChI=1S/C12H14ClFN2O/c1-7-4-5-15-11(7)12(17)16-10-3-2-8(13)6-9(10)14/h2-3,6-7,11,15H,4-5H2,1H3,(H,16,17). The van der Waals surface area contributed by atoms with Gasteiger partial charge in [0.1, 0.15) is 5.82 Å². The van der Waals surface area contributed by atoms with Gasteiger partial charge in [0.25, 0.3) is 0 Å². The summed E-state index contributed by atoms with van der Waals surface area (Å²) in [5, 5.41) is 5.98. The smallest absolute Gasteiger partial charge is 0.241 e. The van der Waals surface area contributed by atoms with Gasteiger partial charge in [0.15, 0.2) is 0 Å². The highest BCUT2D eigenvalue weighted by Gasteiger charge is 2.29. The molecule has 1 fully saturated rings. The van der Waals surface area contributed by atoms with Crippen molar-refractivity contribution in [3.63, 3.8) is 0 Å². The molecule has 2 unspecified atom stereocenters. The molecule has 1 heterocycles. The Hall–Kier alpha value is -1.13. The largest absolute Gasteiger partial charge is 0.322 e. The summed E-state index contributed by atoms with van der Waals surface area (Å²) in [4.78, 5) is 11.9. The molecule has 2 atom stereocenters. The molecule has 1 aliphatic heterocycles. The maximum Gasteiger partial charge on any atom is 0.241 e. The fourth-order valence-electron chi connectivity index (χ4n) is 1.99. The molecule has 3 nitrogen and oxygen atoms in total. The SMILES string of the molecule is CC1CCNC1C(=O)Nc1ccc(Cl)cc1F. The van der Waals surface area contributed by atoms with Crippen molar-refractivity contribution in [2.75, 3.05) is 11.9 Å². The summed E-state index contributed by atoms with van der Waals surface area (Å²) in [5.41, 5.74) is 0.167. The van der Waals surface area contributed by atoms with Gasteiger partial charge in [-0.3, -0.25) is 4.79 Å². The molecule has 1 aromatic carbocycles. The molecular weight excluding hydrogens is 243 g/mol. The van der Waals surface area contributed by atoms with Crippen LogP contribution in [0.25, 0.3) is 0 Å². The van der Waals surface area contributed by atoms with Crippen LogP contribution in [0, 0.1) is 11.7 Å². The summed E-state index contributed by atoms with van der Waals surface area (Å²) >= 11 is 5.64. The highest BCUT2D eigenvalue weighted by atomic mass is 35.5. The Morgan fingerprint density at radius 3 is 2.94 bits per heavy atom. The van der Waals surface area contributed by atoms with Gasteiger partial charge in [0, 0.05) is 5.02 Å². The average Bonchev–Trinajstić information content (AvgIpc) is 2.68. The number of rotatable bonds is 2. The number of anilines is 1. The van der Waals surface area contributed by atoms with Gasteiger partial charge < -0.3 is 10.6 Å². The predicted octanol–water partition coefficient (Wildman–Crippen LogP) is 2.42. The van der Waals surface area contributed by atoms with Gasteiger partial charge in [0.05, 0.1) is 11.7 Å². The first-order chi connectivity index (χ1) is 8.08. The second-order valence-corrected chi connectivity index (χ2v) is 4.75. The molecule has 0 aromatic heterocycles. The molecule has 0 aliphatic carbocycles. The van der Waals surface area contributed by atoms with Crippen molar-refractivity contribution in [3.05, 3.63) is 29.0 Å². The van der Waals surface area contributed by atoms with Gasteiger partial charge in [-0.05, 0) is 37.1 Å².